The van der Waals surface area contributed by atoms with Gasteiger partial charge in [0.25, 0.3) is 0 Å². The second kappa shape index (κ2) is 5.36. The van der Waals surface area contributed by atoms with E-state index in [1.165, 1.54) is 4.90 Å². The molecule has 15 heavy (non-hydrogen) atoms. The third-order valence-corrected chi connectivity index (χ3v) is 2.29. The predicted molar refractivity (Wildman–Crippen MR) is 58.7 cm³/mol. The summed E-state index contributed by atoms with van der Waals surface area (Å²) >= 11 is 0. The van der Waals surface area contributed by atoms with Crippen LogP contribution in [-0.4, -0.2) is 29.7 Å². The highest BCUT2D eigenvalue weighted by Gasteiger charge is 2.04. The molecule has 4 nitrogen and oxygen atoms in total. The number of rotatable bonds is 4. The summed E-state index contributed by atoms with van der Waals surface area (Å²) in [5, 5.41) is 8.67. The largest absolute Gasteiger partial charge is 0.465 e. The van der Waals surface area contributed by atoms with Crippen LogP contribution in [-0.2, 0) is 13.0 Å². The molecule has 0 spiro atoms. The van der Waals surface area contributed by atoms with Crippen LogP contribution in [0.4, 0.5) is 4.79 Å². The van der Waals surface area contributed by atoms with Crippen LogP contribution >= 0.6 is 0 Å². The molecule has 1 aromatic rings. The van der Waals surface area contributed by atoms with Gasteiger partial charge in [-0.1, -0.05) is 24.3 Å². The highest BCUT2D eigenvalue weighted by atomic mass is 16.4. The summed E-state index contributed by atoms with van der Waals surface area (Å²) in [7, 11) is 1.56. The van der Waals surface area contributed by atoms with Gasteiger partial charge >= 0.3 is 6.09 Å². The number of amides is 1. The Morgan fingerprint density at radius 1 is 1.47 bits per heavy atom. The third-order valence-electron chi connectivity index (χ3n) is 2.29. The van der Waals surface area contributed by atoms with Gasteiger partial charge in [0.1, 0.15) is 0 Å². The first-order valence-electron chi connectivity index (χ1n) is 4.85. The number of nitrogens with zero attached hydrogens (tertiary/aromatic N) is 1. The topological polar surface area (TPSA) is 66.6 Å². The minimum Gasteiger partial charge on any atom is -0.465 e. The minimum absolute atomic E-state index is 0.503. The zero-order valence-electron chi connectivity index (χ0n) is 8.81. The molecule has 0 saturated heterocycles. The molecule has 0 atom stereocenters. The Balaban J connectivity index is 2.53. The molecular weight excluding hydrogens is 192 g/mol. The molecule has 0 saturated carbocycles. The van der Waals surface area contributed by atoms with E-state index in [4.69, 9.17) is 10.8 Å². The molecule has 0 aliphatic carbocycles. The number of carbonyl (C=O) groups is 1. The summed E-state index contributed by atoms with van der Waals surface area (Å²) in [6, 6.07) is 7.90. The molecule has 4 heteroatoms. The average molecular weight is 208 g/mol. The lowest BCUT2D eigenvalue weighted by Crippen LogP contribution is -2.26. The fraction of sp³-hybridized carbons (Fsp3) is 0.364. The lowest BCUT2D eigenvalue weighted by atomic mass is 10.1. The van der Waals surface area contributed by atoms with Crippen molar-refractivity contribution < 1.29 is 9.90 Å². The second-order valence-corrected chi connectivity index (χ2v) is 3.48. The molecule has 0 unspecified atom stereocenters. The predicted octanol–water partition coefficient (Wildman–Crippen LogP) is 1.30. The summed E-state index contributed by atoms with van der Waals surface area (Å²) in [6.45, 7) is 1.02. The van der Waals surface area contributed by atoms with Gasteiger partial charge in [0.15, 0.2) is 0 Å². The Bertz CT molecular complexity index is 339. The molecule has 0 bridgehead atoms. The average Bonchev–Trinajstić information content (AvgIpc) is 2.26. The first-order chi connectivity index (χ1) is 7.13. The molecule has 1 rings (SSSR count). The number of nitrogens with two attached hydrogens (primary N) is 1. The Morgan fingerprint density at radius 3 is 2.73 bits per heavy atom. The van der Waals surface area contributed by atoms with Gasteiger partial charge in [-0.3, -0.25) is 0 Å². The first-order valence-corrected chi connectivity index (χ1v) is 4.85. The van der Waals surface area contributed by atoms with Crippen LogP contribution in [0.25, 0.3) is 0 Å². The Hall–Kier alpha value is -1.55. The van der Waals surface area contributed by atoms with Crippen molar-refractivity contribution >= 4 is 6.09 Å². The Morgan fingerprint density at radius 2 is 2.13 bits per heavy atom. The van der Waals surface area contributed by atoms with Crippen LogP contribution in [0, 0.1) is 0 Å². The zero-order valence-corrected chi connectivity index (χ0v) is 8.81. The SMILES string of the molecule is CN(CCc1cccc(CN)c1)C(=O)O. The normalized spacial score (nSPS) is 10.0. The maximum atomic E-state index is 10.5. The molecule has 0 fully saturated rings. The summed E-state index contributed by atoms with van der Waals surface area (Å²) in [5.41, 5.74) is 7.71. The van der Waals surface area contributed by atoms with Gasteiger partial charge in [-0.25, -0.2) is 4.79 Å². The van der Waals surface area contributed by atoms with Crippen molar-refractivity contribution in [1.82, 2.24) is 4.90 Å². The summed E-state index contributed by atoms with van der Waals surface area (Å²) in [5.74, 6) is 0. The zero-order chi connectivity index (χ0) is 11.3. The quantitative estimate of drug-likeness (QED) is 0.783. The number of hydrogen-bond acceptors (Lipinski definition) is 2. The molecule has 3 N–H and O–H groups in total. The second-order valence-electron chi connectivity index (χ2n) is 3.48. The van der Waals surface area contributed by atoms with Crippen molar-refractivity contribution in [2.45, 2.75) is 13.0 Å². The van der Waals surface area contributed by atoms with Crippen molar-refractivity contribution in [2.75, 3.05) is 13.6 Å². The number of benzene rings is 1. The van der Waals surface area contributed by atoms with Crippen LogP contribution in [0.15, 0.2) is 24.3 Å². The van der Waals surface area contributed by atoms with E-state index in [2.05, 4.69) is 0 Å². The monoisotopic (exact) mass is 208 g/mol. The molecule has 1 amide bonds. The fourth-order valence-corrected chi connectivity index (χ4v) is 1.30. The smallest absolute Gasteiger partial charge is 0.407 e. The molecular formula is C11H16N2O2. The maximum Gasteiger partial charge on any atom is 0.407 e. The minimum atomic E-state index is -0.898. The Kier molecular flexibility index (Phi) is 4.12. The van der Waals surface area contributed by atoms with E-state index in [0.717, 1.165) is 17.5 Å². The van der Waals surface area contributed by atoms with Gasteiger partial charge in [-0.15, -0.1) is 0 Å². The molecule has 0 aliphatic rings. The van der Waals surface area contributed by atoms with E-state index >= 15 is 0 Å². The Labute approximate surface area is 89.3 Å². The van der Waals surface area contributed by atoms with Gasteiger partial charge in [0.05, 0.1) is 0 Å². The molecule has 0 aliphatic heterocycles. The number of hydrogen-bond donors (Lipinski definition) is 2. The van der Waals surface area contributed by atoms with Crippen molar-refractivity contribution in [1.29, 1.82) is 0 Å². The molecule has 1 aromatic carbocycles. The first kappa shape index (κ1) is 11.5. The summed E-state index contributed by atoms with van der Waals surface area (Å²) in [4.78, 5) is 11.8. The van der Waals surface area contributed by atoms with Crippen LogP contribution in [0.1, 0.15) is 11.1 Å². The van der Waals surface area contributed by atoms with Crippen LogP contribution in [0.2, 0.25) is 0 Å². The summed E-state index contributed by atoms with van der Waals surface area (Å²) in [6.07, 6.45) is -0.179. The van der Waals surface area contributed by atoms with Crippen LogP contribution < -0.4 is 5.73 Å². The van der Waals surface area contributed by atoms with Gasteiger partial charge in [0.2, 0.25) is 0 Å². The van der Waals surface area contributed by atoms with Crippen LogP contribution in [0.5, 0.6) is 0 Å². The third kappa shape index (κ3) is 3.59. The van der Waals surface area contributed by atoms with Crippen molar-refractivity contribution in [3.05, 3.63) is 35.4 Å². The van der Waals surface area contributed by atoms with E-state index in [1.807, 2.05) is 24.3 Å². The number of carboxylic acid groups (broad SMARTS) is 1. The van der Waals surface area contributed by atoms with E-state index < -0.39 is 6.09 Å². The molecule has 0 heterocycles. The van der Waals surface area contributed by atoms with Gasteiger partial charge in [-0.2, -0.15) is 0 Å². The molecule has 82 valence electrons. The molecule has 0 aromatic heterocycles. The van der Waals surface area contributed by atoms with E-state index in [0.29, 0.717) is 13.1 Å². The van der Waals surface area contributed by atoms with Crippen molar-refractivity contribution in [2.24, 2.45) is 5.73 Å². The van der Waals surface area contributed by atoms with E-state index in [1.54, 1.807) is 7.05 Å². The number of likely N-dealkylation sites (N-methyl/N-ethyl adjacent to an activating group) is 1. The van der Waals surface area contributed by atoms with Gasteiger partial charge in [0, 0.05) is 20.1 Å². The van der Waals surface area contributed by atoms with Crippen LogP contribution in [0.3, 0.4) is 0 Å². The fourth-order valence-electron chi connectivity index (χ4n) is 1.30. The van der Waals surface area contributed by atoms with E-state index in [9.17, 15) is 4.79 Å². The van der Waals surface area contributed by atoms with Gasteiger partial charge < -0.3 is 15.7 Å². The van der Waals surface area contributed by atoms with E-state index in [-0.39, 0.29) is 0 Å². The van der Waals surface area contributed by atoms with Gasteiger partial charge in [-0.05, 0) is 17.5 Å². The van der Waals surface area contributed by atoms with Crippen molar-refractivity contribution in [3.63, 3.8) is 0 Å². The maximum absolute atomic E-state index is 10.5. The summed E-state index contributed by atoms with van der Waals surface area (Å²) < 4.78 is 0. The highest BCUT2D eigenvalue weighted by Crippen LogP contribution is 2.05. The standard InChI is InChI=1S/C11H16N2O2/c1-13(11(14)15)6-5-9-3-2-4-10(7-9)8-12/h2-4,7H,5-6,8,12H2,1H3,(H,14,15). The lowest BCUT2D eigenvalue weighted by Gasteiger charge is -2.12. The highest BCUT2D eigenvalue weighted by molar-refractivity contribution is 5.64. The molecule has 0 radical (unpaired) electrons. The van der Waals surface area contributed by atoms with Crippen molar-refractivity contribution in [3.8, 4) is 0 Å². The lowest BCUT2D eigenvalue weighted by molar-refractivity contribution is 0.156.